The van der Waals surface area contributed by atoms with Crippen molar-refractivity contribution in [2.75, 3.05) is 0 Å². The van der Waals surface area contributed by atoms with E-state index in [-0.39, 0.29) is 18.3 Å². The van der Waals surface area contributed by atoms with Gasteiger partial charge in [-0.3, -0.25) is 0 Å². The van der Waals surface area contributed by atoms with Gasteiger partial charge in [0.05, 0.1) is 0 Å². The molecule has 0 unspecified atom stereocenters. The second-order valence-electron chi connectivity index (χ2n) is 4.20. The monoisotopic (exact) mass is 174 g/mol. The van der Waals surface area contributed by atoms with E-state index in [2.05, 4.69) is 6.58 Å². The minimum atomic E-state index is -2.42. The van der Waals surface area contributed by atoms with Crippen LogP contribution in [0.15, 0.2) is 12.2 Å². The summed E-state index contributed by atoms with van der Waals surface area (Å²) in [6.07, 6.45) is 1.21. The van der Waals surface area contributed by atoms with Crippen LogP contribution in [0.5, 0.6) is 0 Å². The average molecular weight is 174 g/mol. The second kappa shape index (κ2) is 2.82. The highest BCUT2D eigenvalue weighted by atomic mass is 19.3. The zero-order chi connectivity index (χ0) is 9.41. The maximum Gasteiger partial charge on any atom is 0.248 e. The van der Waals surface area contributed by atoms with Crippen LogP contribution < -0.4 is 0 Å². The van der Waals surface area contributed by atoms with Crippen molar-refractivity contribution in [2.24, 2.45) is 5.41 Å². The predicted octanol–water partition coefficient (Wildman–Crippen LogP) is 3.78. The van der Waals surface area contributed by atoms with Crippen molar-refractivity contribution in [3.05, 3.63) is 12.2 Å². The van der Waals surface area contributed by atoms with E-state index in [9.17, 15) is 8.78 Å². The zero-order valence-corrected chi connectivity index (χ0v) is 7.79. The number of allylic oxidation sites excluding steroid dienone is 1. The summed E-state index contributed by atoms with van der Waals surface area (Å²) in [4.78, 5) is 0. The first-order valence-corrected chi connectivity index (χ1v) is 4.40. The van der Waals surface area contributed by atoms with Gasteiger partial charge in [-0.1, -0.05) is 19.1 Å². The molecular formula is C10H16F2. The lowest BCUT2D eigenvalue weighted by Gasteiger charge is -2.37. The molecule has 0 aromatic carbocycles. The molecule has 2 heteroatoms. The smallest absolute Gasteiger partial charge is 0.207 e. The van der Waals surface area contributed by atoms with E-state index in [1.165, 1.54) is 0 Å². The fourth-order valence-corrected chi connectivity index (χ4v) is 1.59. The van der Waals surface area contributed by atoms with Crippen LogP contribution >= 0.6 is 0 Å². The largest absolute Gasteiger partial charge is 0.248 e. The lowest BCUT2D eigenvalue weighted by molar-refractivity contribution is -0.0565. The second-order valence-corrected chi connectivity index (χ2v) is 4.20. The highest BCUT2D eigenvalue weighted by Gasteiger charge is 2.40. The van der Waals surface area contributed by atoms with Gasteiger partial charge in [0.2, 0.25) is 5.92 Å². The van der Waals surface area contributed by atoms with Gasteiger partial charge in [-0.25, -0.2) is 8.78 Å². The van der Waals surface area contributed by atoms with Crippen LogP contribution in [0.4, 0.5) is 8.78 Å². The molecule has 0 spiro atoms. The molecule has 0 aromatic rings. The lowest BCUT2D eigenvalue weighted by Crippen LogP contribution is -2.31. The van der Waals surface area contributed by atoms with Crippen LogP contribution in [-0.2, 0) is 0 Å². The highest BCUT2D eigenvalue weighted by molar-refractivity contribution is 5.07. The van der Waals surface area contributed by atoms with Gasteiger partial charge in [-0.2, -0.15) is 0 Å². The van der Waals surface area contributed by atoms with Crippen LogP contribution in [0.2, 0.25) is 0 Å². The van der Waals surface area contributed by atoms with Crippen molar-refractivity contribution in [3.8, 4) is 0 Å². The third-order valence-corrected chi connectivity index (χ3v) is 3.12. The molecule has 0 atom stereocenters. The first-order chi connectivity index (χ1) is 5.36. The van der Waals surface area contributed by atoms with Gasteiger partial charge in [0.1, 0.15) is 0 Å². The Morgan fingerprint density at radius 2 is 1.58 bits per heavy atom. The minimum absolute atomic E-state index is 0.0242. The Labute approximate surface area is 72.7 Å². The SMILES string of the molecule is C=C(C)C1(C)CCC(F)(F)CC1. The molecule has 0 nitrogen and oxygen atoms in total. The summed E-state index contributed by atoms with van der Waals surface area (Å²) < 4.78 is 25.6. The third kappa shape index (κ3) is 1.85. The van der Waals surface area contributed by atoms with E-state index < -0.39 is 5.92 Å². The van der Waals surface area contributed by atoms with Crippen molar-refractivity contribution in [1.29, 1.82) is 0 Å². The Morgan fingerprint density at radius 1 is 1.17 bits per heavy atom. The number of hydrogen-bond donors (Lipinski definition) is 0. The molecule has 0 saturated heterocycles. The number of halogens is 2. The number of alkyl halides is 2. The van der Waals surface area contributed by atoms with Crippen LogP contribution in [0.25, 0.3) is 0 Å². The molecule has 0 N–H and O–H groups in total. The van der Waals surface area contributed by atoms with Crippen molar-refractivity contribution < 1.29 is 8.78 Å². The van der Waals surface area contributed by atoms with E-state index in [0.29, 0.717) is 12.8 Å². The Kier molecular flexibility index (Phi) is 2.28. The molecule has 0 bridgehead atoms. The first kappa shape index (κ1) is 9.69. The molecule has 1 fully saturated rings. The highest BCUT2D eigenvalue weighted by Crippen LogP contribution is 2.46. The van der Waals surface area contributed by atoms with Gasteiger partial charge in [-0.05, 0) is 25.2 Å². The van der Waals surface area contributed by atoms with Gasteiger partial charge in [0, 0.05) is 12.8 Å². The normalized spacial score (nSPS) is 26.7. The van der Waals surface area contributed by atoms with Gasteiger partial charge in [0.25, 0.3) is 0 Å². The van der Waals surface area contributed by atoms with Crippen LogP contribution in [0.3, 0.4) is 0 Å². The predicted molar refractivity (Wildman–Crippen MR) is 46.3 cm³/mol. The fourth-order valence-electron chi connectivity index (χ4n) is 1.59. The molecule has 0 heterocycles. The van der Waals surface area contributed by atoms with Crippen LogP contribution in [-0.4, -0.2) is 5.92 Å². The fraction of sp³-hybridized carbons (Fsp3) is 0.800. The molecule has 1 saturated carbocycles. The maximum absolute atomic E-state index is 12.8. The van der Waals surface area contributed by atoms with E-state index >= 15 is 0 Å². The third-order valence-electron chi connectivity index (χ3n) is 3.12. The summed E-state index contributed by atoms with van der Waals surface area (Å²) in [7, 11) is 0. The standard InChI is InChI=1S/C10H16F2/c1-8(2)9(3)4-6-10(11,12)7-5-9/h1,4-7H2,2-3H3. The van der Waals surface area contributed by atoms with Gasteiger partial charge >= 0.3 is 0 Å². The summed E-state index contributed by atoms with van der Waals surface area (Å²) in [6, 6.07) is 0. The Morgan fingerprint density at radius 3 is 1.92 bits per heavy atom. The Bertz CT molecular complexity index is 184. The van der Waals surface area contributed by atoms with Gasteiger partial charge < -0.3 is 0 Å². The van der Waals surface area contributed by atoms with Crippen LogP contribution in [0, 0.1) is 5.41 Å². The van der Waals surface area contributed by atoms with Crippen molar-refractivity contribution >= 4 is 0 Å². The zero-order valence-electron chi connectivity index (χ0n) is 7.79. The molecule has 0 amide bonds. The average Bonchev–Trinajstić information content (AvgIpc) is 1.96. The Balaban J connectivity index is 2.62. The first-order valence-electron chi connectivity index (χ1n) is 4.40. The Hall–Kier alpha value is -0.400. The maximum atomic E-state index is 12.8. The number of rotatable bonds is 1. The molecule has 0 aromatic heterocycles. The summed E-state index contributed by atoms with van der Waals surface area (Å²) in [5.41, 5.74) is 1.000. The molecule has 1 aliphatic rings. The van der Waals surface area contributed by atoms with Gasteiger partial charge in [0.15, 0.2) is 0 Å². The van der Waals surface area contributed by atoms with Crippen molar-refractivity contribution in [3.63, 3.8) is 0 Å². The molecule has 0 radical (unpaired) electrons. The molecule has 12 heavy (non-hydrogen) atoms. The molecule has 0 aliphatic heterocycles. The topological polar surface area (TPSA) is 0 Å². The molecule has 70 valence electrons. The summed E-state index contributed by atoms with van der Waals surface area (Å²) in [5, 5.41) is 0. The summed E-state index contributed by atoms with van der Waals surface area (Å²) in [6.45, 7) is 7.82. The van der Waals surface area contributed by atoms with E-state index in [1.807, 2.05) is 13.8 Å². The quantitative estimate of drug-likeness (QED) is 0.531. The minimum Gasteiger partial charge on any atom is -0.207 e. The van der Waals surface area contributed by atoms with Crippen molar-refractivity contribution in [1.82, 2.24) is 0 Å². The lowest BCUT2D eigenvalue weighted by atomic mass is 9.70. The van der Waals surface area contributed by atoms with E-state index in [4.69, 9.17) is 0 Å². The summed E-state index contributed by atoms with van der Waals surface area (Å²) in [5.74, 6) is -2.42. The molecular weight excluding hydrogens is 158 g/mol. The number of hydrogen-bond acceptors (Lipinski definition) is 0. The van der Waals surface area contributed by atoms with Gasteiger partial charge in [-0.15, -0.1) is 0 Å². The van der Waals surface area contributed by atoms with E-state index in [0.717, 1.165) is 5.57 Å². The summed E-state index contributed by atoms with van der Waals surface area (Å²) >= 11 is 0. The van der Waals surface area contributed by atoms with Crippen molar-refractivity contribution in [2.45, 2.75) is 45.5 Å². The van der Waals surface area contributed by atoms with E-state index in [1.54, 1.807) is 0 Å². The molecule has 1 aliphatic carbocycles. The van der Waals surface area contributed by atoms with Crippen LogP contribution in [0.1, 0.15) is 39.5 Å². The molecule has 1 rings (SSSR count).